The fourth-order valence-electron chi connectivity index (χ4n) is 4.30. The smallest absolute Gasteiger partial charge is 0.270 e. The molecule has 0 aliphatic rings. The lowest BCUT2D eigenvalue weighted by molar-refractivity contribution is -0.384. The Labute approximate surface area is 244 Å². The lowest BCUT2D eigenvalue weighted by Gasteiger charge is -2.28. The Morgan fingerprint density at radius 3 is 2.41 bits per heavy atom. The van der Waals surface area contributed by atoms with E-state index in [1.165, 1.54) is 29.2 Å². The molecule has 2 amide bonds. The monoisotopic (exact) mass is 583 g/mol. The summed E-state index contributed by atoms with van der Waals surface area (Å²) in [4.78, 5) is 43.4. The highest BCUT2D eigenvalue weighted by Crippen LogP contribution is 2.28. The zero-order chi connectivity index (χ0) is 29.8. The molecule has 0 atom stereocenters. The molecule has 0 N–H and O–H groups in total. The maximum atomic E-state index is 13.8. The van der Waals surface area contributed by atoms with Crippen molar-refractivity contribution in [1.82, 2.24) is 9.80 Å². The Hall–Kier alpha value is -3.96. The quantitative estimate of drug-likeness (QED) is 0.131. The van der Waals surface area contributed by atoms with Gasteiger partial charge in [-0.15, -0.1) is 11.3 Å². The maximum absolute atomic E-state index is 13.8. The number of amides is 2. The number of carbonyl (C=O) groups is 2. The van der Waals surface area contributed by atoms with Crippen LogP contribution in [-0.4, -0.2) is 73.6 Å². The van der Waals surface area contributed by atoms with Gasteiger partial charge >= 0.3 is 0 Å². The number of methoxy groups -OCH3 is 2. The van der Waals surface area contributed by atoms with Gasteiger partial charge in [0, 0.05) is 53.8 Å². The van der Waals surface area contributed by atoms with Crippen molar-refractivity contribution in [3.63, 3.8) is 0 Å². The minimum atomic E-state index is -0.541. The number of nitro groups is 1. The number of carbonyl (C=O) groups excluding carboxylic acids is 2. The average Bonchev–Trinajstić information content (AvgIpc) is 3.40. The van der Waals surface area contributed by atoms with Crippen LogP contribution in [-0.2, 0) is 22.5 Å². The van der Waals surface area contributed by atoms with Crippen LogP contribution in [0.1, 0.15) is 39.0 Å². The molecule has 3 rings (SSSR count). The van der Waals surface area contributed by atoms with E-state index in [4.69, 9.17) is 14.2 Å². The van der Waals surface area contributed by atoms with Crippen LogP contribution in [0, 0.1) is 17.0 Å². The van der Waals surface area contributed by atoms with E-state index in [1.54, 1.807) is 30.5 Å². The summed E-state index contributed by atoms with van der Waals surface area (Å²) < 4.78 is 16.2. The van der Waals surface area contributed by atoms with Crippen molar-refractivity contribution in [2.75, 3.05) is 47.1 Å². The topological polar surface area (TPSA) is 111 Å². The number of ether oxygens (including phenoxy) is 3. The van der Waals surface area contributed by atoms with Crippen LogP contribution < -0.4 is 9.47 Å². The van der Waals surface area contributed by atoms with Crippen molar-refractivity contribution >= 4 is 28.8 Å². The number of hydrogen-bond acceptors (Lipinski definition) is 8. The van der Waals surface area contributed by atoms with Gasteiger partial charge in [0.05, 0.1) is 25.7 Å². The Morgan fingerprint density at radius 2 is 1.76 bits per heavy atom. The minimum Gasteiger partial charge on any atom is -0.493 e. The minimum absolute atomic E-state index is 0.161. The second-order valence-electron chi connectivity index (χ2n) is 9.35. The molecule has 2 aromatic carbocycles. The number of nitrogens with zero attached hydrogens (tertiary/aromatic N) is 3. The van der Waals surface area contributed by atoms with Crippen LogP contribution in [0.15, 0.2) is 54.6 Å². The summed E-state index contributed by atoms with van der Waals surface area (Å²) in [5.41, 5.74) is 0.958. The van der Waals surface area contributed by atoms with Crippen LogP contribution in [0.2, 0.25) is 0 Å². The number of non-ortho nitro benzene ring substituents is 1. The molecule has 11 heteroatoms. The first-order valence-electron chi connectivity index (χ1n) is 13.4. The van der Waals surface area contributed by atoms with E-state index in [-0.39, 0.29) is 30.2 Å². The van der Waals surface area contributed by atoms with Gasteiger partial charge in [-0.1, -0.05) is 12.1 Å². The number of thiophene rings is 1. The molecule has 0 saturated heterocycles. The maximum Gasteiger partial charge on any atom is 0.270 e. The van der Waals surface area contributed by atoms with Crippen molar-refractivity contribution < 1.29 is 28.7 Å². The summed E-state index contributed by atoms with van der Waals surface area (Å²) in [7, 11) is 3.16. The third-order valence-corrected chi connectivity index (χ3v) is 7.44. The molecule has 0 unspecified atom stereocenters. The van der Waals surface area contributed by atoms with Crippen molar-refractivity contribution in [3.8, 4) is 11.5 Å². The highest BCUT2D eigenvalue weighted by molar-refractivity contribution is 7.11. The number of rotatable bonds is 16. The van der Waals surface area contributed by atoms with Gasteiger partial charge in [0.1, 0.15) is 6.54 Å². The van der Waals surface area contributed by atoms with Crippen molar-refractivity contribution in [1.29, 1.82) is 0 Å². The number of benzene rings is 2. The Kier molecular flexibility index (Phi) is 12.1. The van der Waals surface area contributed by atoms with Crippen LogP contribution in [0.5, 0.6) is 11.5 Å². The van der Waals surface area contributed by atoms with Gasteiger partial charge in [0.2, 0.25) is 5.91 Å². The molecule has 0 bridgehead atoms. The fourth-order valence-corrected chi connectivity index (χ4v) is 5.21. The van der Waals surface area contributed by atoms with Gasteiger partial charge in [0.25, 0.3) is 11.6 Å². The van der Waals surface area contributed by atoms with Crippen LogP contribution >= 0.6 is 11.3 Å². The highest BCUT2D eigenvalue weighted by atomic mass is 32.1. The predicted molar refractivity (Wildman–Crippen MR) is 158 cm³/mol. The Bertz CT molecular complexity index is 1330. The summed E-state index contributed by atoms with van der Waals surface area (Å²) >= 11 is 1.62. The number of nitro benzene ring substituents is 1. The molecule has 0 saturated carbocycles. The van der Waals surface area contributed by atoms with E-state index in [2.05, 4.69) is 0 Å². The molecule has 0 aliphatic heterocycles. The third-order valence-electron chi connectivity index (χ3n) is 6.45. The van der Waals surface area contributed by atoms with Gasteiger partial charge in [-0.2, -0.15) is 0 Å². The zero-order valence-corrected chi connectivity index (χ0v) is 24.8. The van der Waals surface area contributed by atoms with E-state index in [0.29, 0.717) is 50.6 Å². The SMILES string of the molecule is CCOCCCN(CC(=O)N(CCc1ccc(OC)c(OC)c1)Cc1ccc(C)s1)C(=O)c1cccc([N+](=O)[O-])c1. The van der Waals surface area contributed by atoms with E-state index < -0.39 is 10.8 Å². The Balaban J connectivity index is 1.82. The fraction of sp³-hybridized carbons (Fsp3) is 0.400. The second kappa shape index (κ2) is 15.7. The lowest BCUT2D eigenvalue weighted by atomic mass is 10.1. The van der Waals surface area contributed by atoms with Crippen LogP contribution in [0.25, 0.3) is 0 Å². The van der Waals surface area contributed by atoms with E-state index in [0.717, 1.165) is 15.3 Å². The molecule has 0 radical (unpaired) electrons. The molecule has 1 heterocycles. The molecule has 0 fully saturated rings. The summed E-state index contributed by atoms with van der Waals surface area (Å²) in [5, 5.41) is 11.3. The number of aryl methyl sites for hydroxylation is 1. The molecule has 3 aromatic rings. The molecule has 1 aromatic heterocycles. The summed E-state index contributed by atoms with van der Waals surface area (Å²) in [5.74, 6) is 0.581. The van der Waals surface area contributed by atoms with E-state index in [1.807, 2.05) is 44.2 Å². The standard InChI is InChI=1S/C30H37N3O7S/c1-5-40-17-7-15-32(30(35)24-8-6-9-25(19-24)33(36)37)21-29(34)31(20-26-12-10-22(2)41-26)16-14-23-11-13-27(38-3)28(18-23)39-4/h6,8-13,18-19H,5,7,14-17,20-21H2,1-4H3. The Morgan fingerprint density at radius 1 is 0.976 bits per heavy atom. The summed E-state index contributed by atoms with van der Waals surface area (Å²) in [6.07, 6.45) is 1.09. The van der Waals surface area contributed by atoms with Gasteiger partial charge in [-0.05, 0) is 62.6 Å². The summed E-state index contributed by atoms with van der Waals surface area (Å²) in [6, 6.07) is 15.3. The lowest BCUT2D eigenvalue weighted by Crippen LogP contribution is -2.44. The van der Waals surface area contributed by atoms with E-state index >= 15 is 0 Å². The molecule has 0 aliphatic carbocycles. The highest BCUT2D eigenvalue weighted by Gasteiger charge is 2.24. The first kappa shape index (κ1) is 31.6. The van der Waals surface area contributed by atoms with Gasteiger partial charge in [-0.25, -0.2) is 0 Å². The van der Waals surface area contributed by atoms with Gasteiger partial charge in [0.15, 0.2) is 11.5 Å². The molecular formula is C30H37N3O7S. The van der Waals surface area contributed by atoms with Crippen molar-refractivity contribution in [2.45, 2.75) is 33.2 Å². The van der Waals surface area contributed by atoms with Gasteiger partial charge in [-0.3, -0.25) is 19.7 Å². The van der Waals surface area contributed by atoms with Crippen molar-refractivity contribution in [2.24, 2.45) is 0 Å². The first-order valence-corrected chi connectivity index (χ1v) is 14.2. The molecule has 10 nitrogen and oxygen atoms in total. The largest absolute Gasteiger partial charge is 0.493 e. The van der Waals surface area contributed by atoms with Crippen molar-refractivity contribution in [3.05, 3.63) is 85.6 Å². The second-order valence-corrected chi connectivity index (χ2v) is 10.7. The zero-order valence-electron chi connectivity index (χ0n) is 24.0. The van der Waals surface area contributed by atoms with Crippen LogP contribution in [0.3, 0.4) is 0 Å². The number of hydrogen-bond donors (Lipinski definition) is 0. The summed E-state index contributed by atoms with van der Waals surface area (Å²) in [6.45, 7) is 5.81. The molecule has 220 valence electrons. The normalized spacial score (nSPS) is 10.7. The average molecular weight is 584 g/mol. The molecular weight excluding hydrogens is 546 g/mol. The third kappa shape index (κ3) is 9.29. The van der Waals surface area contributed by atoms with Crippen LogP contribution in [0.4, 0.5) is 5.69 Å². The van der Waals surface area contributed by atoms with Gasteiger partial charge < -0.3 is 24.0 Å². The van der Waals surface area contributed by atoms with E-state index in [9.17, 15) is 19.7 Å². The first-order chi connectivity index (χ1) is 19.7. The molecule has 0 spiro atoms. The molecule has 41 heavy (non-hydrogen) atoms. The predicted octanol–water partition coefficient (Wildman–Crippen LogP) is 5.12.